The van der Waals surface area contributed by atoms with Crippen LogP contribution in [0.2, 0.25) is 0 Å². The first-order chi connectivity index (χ1) is 15.1. The van der Waals surface area contributed by atoms with E-state index in [-0.39, 0.29) is 17.8 Å². The van der Waals surface area contributed by atoms with Gasteiger partial charge in [0, 0.05) is 18.9 Å². The third-order valence-corrected chi connectivity index (χ3v) is 7.25. The summed E-state index contributed by atoms with van der Waals surface area (Å²) in [6, 6.07) is 0. The van der Waals surface area contributed by atoms with Gasteiger partial charge in [0.2, 0.25) is 5.91 Å². The van der Waals surface area contributed by atoms with E-state index in [4.69, 9.17) is 4.74 Å². The number of rotatable bonds is 18. The molecule has 4 atom stereocenters. The van der Waals surface area contributed by atoms with Crippen molar-refractivity contribution in [3.63, 3.8) is 0 Å². The first-order valence-electron chi connectivity index (χ1n) is 13.3. The molecule has 0 saturated heterocycles. The molecule has 1 amide bonds. The normalized spacial score (nSPS) is 22.6. The van der Waals surface area contributed by atoms with Gasteiger partial charge in [-0.3, -0.25) is 9.59 Å². The molecular weight excluding hydrogens is 386 g/mol. The Kier molecular flexibility index (Phi) is 12.9. The number of esters is 1. The maximum Gasteiger partial charge on any atom is 0.305 e. The monoisotopic (exact) mass is 433 g/mol. The van der Waals surface area contributed by atoms with Gasteiger partial charge in [0.05, 0.1) is 6.61 Å². The van der Waals surface area contributed by atoms with Crippen LogP contribution in [0.3, 0.4) is 0 Å². The Hall–Kier alpha value is -1.32. The quantitative estimate of drug-likeness (QED) is 0.151. The van der Waals surface area contributed by atoms with Crippen LogP contribution < -0.4 is 5.32 Å². The van der Waals surface area contributed by atoms with E-state index in [0.717, 1.165) is 57.4 Å². The first kappa shape index (κ1) is 25.9. The van der Waals surface area contributed by atoms with E-state index >= 15 is 0 Å². The molecule has 0 radical (unpaired) electrons. The highest BCUT2D eigenvalue weighted by atomic mass is 16.5. The van der Waals surface area contributed by atoms with Gasteiger partial charge in [0.25, 0.3) is 0 Å². The summed E-state index contributed by atoms with van der Waals surface area (Å²) >= 11 is 0. The molecule has 2 aliphatic rings. The molecular formula is C27H47NO3. The molecule has 4 unspecified atom stereocenters. The minimum Gasteiger partial charge on any atom is -0.465 e. The first-order valence-corrected chi connectivity index (χ1v) is 13.3. The zero-order valence-electron chi connectivity index (χ0n) is 20.2. The standard InChI is InChI=1S/C27H47NO3/c1-3-5-14-23(4-2)27(30)28-18-13-11-9-7-6-8-10-12-15-26(29)31-21-25-20-22-16-17-24(25)19-22/h16-17,22-25H,3-15,18-21H2,1-2H3,(H,28,30). The number of allylic oxidation sites excluding steroid dienone is 2. The van der Waals surface area contributed by atoms with Crippen molar-refractivity contribution in [2.75, 3.05) is 13.2 Å². The van der Waals surface area contributed by atoms with Gasteiger partial charge in [0.15, 0.2) is 0 Å². The van der Waals surface area contributed by atoms with Crippen LogP contribution in [0.4, 0.5) is 0 Å². The molecule has 4 nitrogen and oxygen atoms in total. The van der Waals surface area contributed by atoms with E-state index < -0.39 is 0 Å². The molecule has 0 aromatic carbocycles. The van der Waals surface area contributed by atoms with Gasteiger partial charge in [0.1, 0.15) is 0 Å². The summed E-state index contributed by atoms with van der Waals surface area (Å²) in [7, 11) is 0. The highest BCUT2D eigenvalue weighted by Gasteiger charge is 2.36. The summed E-state index contributed by atoms with van der Waals surface area (Å²) in [5.41, 5.74) is 0. The zero-order chi connectivity index (χ0) is 22.3. The Bertz CT molecular complexity index is 545. The van der Waals surface area contributed by atoms with E-state index in [1.165, 1.54) is 44.9 Å². The van der Waals surface area contributed by atoms with Gasteiger partial charge in [-0.15, -0.1) is 0 Å². The van der Waals surface area contributed by atoms with Crippen molar-refractivity contribution in [1.82, 2.24) is 5.32 Å². The number of amides is 1. The second-order valence-electron chi connectivity index (χ2n) is 9.84. The Balaban J connectivity index is 1.33. The molecule has 0 aromatic heterocycles. The summed E-state index contributed by atoms with van der Waals surface area (Å²) in [6.07, 6.45) is 21.3. The molecule has 31 heavy (non-hydrogen) atoms. The van der Waals surface area contributed by atoms with Crippen LogP contribution in [-0.4, -0.2) is 25.0 Å². The molecule has 2 aliphatic carbocycles. The lowest BCUT2D eigenvalue weighted by molar-refractivity contribution is -0.145. The van der Waals surface area contributed by atoms with E-state index in [0.29, 0.717) is 24.9 Å². The Morgan fingerprint density at radius 1 is 0.935 bits per heavy atom. The van der Waals surface area contributed by atoms with Gasteiger partial charge in [-0.2, -0.15) is 0 Å². The van der Waals surface area contributed by atoms with Gasteiger partial charge >= 0.3 is 5.97 Å². The van der Waals surface area contributed by atoms with Gasteiger partial charge in [-0.1, -0.05) is 77.4 Å². The maximum absolute atomic E-state index is 12.2. The van der Waals surface area contributed by atoms with Crippen LogP contribution in [0, 0.1) is 23.7 Å². The summed E-state index contributed by atoms with van der Waals surface area (Å²) in [5, 5.41) is 3.12. The van der Waals surface area contributed by atoms with E-state index in [1.54, 1.807) is 0 Å². The van der Waals surface area contributed by atoms with Crippen LogP contribution in [0.25, 0.3) is 0 Å². The average molecular weight is 434 g/mol. The second-order valence-corrected chi connectivity index (χ2v) is 9.84. The molecule has 0 spiro atoms. The number of carbonyl (C=O) groups excluding carboxylic acids is 2. The fraction of sp³-hybridized carbons (Fsp3) is 0.852. The molecule has 1 N–H and O–H groups in total. The number of fused-ring (bicyclic) bond motifs is 2. The third kappa shape index (κ3) is 10.2. The van der Waals surface area contributed by atoms with Gasteiger partial charge < -0.3 is 10.1 Å². The molecule has 1 fully saturated rings. The SMILES string of the molecule is CCCCC(CC)C(=O)NCCCCCCCCCCC(=O)OCC1CC2C=CC1C2. The average Bonchev–Trinajstić information content (AvgIpc) is 3.40. The van der Waals surface area contributed by atoms with Crippen LogP contribution in [0.1, 0.15) is 110 Å². The largest absolute Gasteiger partial charge is 0.465 e. The molecule has 0 aromatic rings. The van der Waals surface area contributed by atoms with Crippen LogP contribution in [0.5, 0.6) is 0 Å². The number of unbranched alkanes of at least 4 members (excludes halogenated alkanes) is 8. The number of hydrogen-bond acceptors (Lipinski definition) is 3. The minimum atomic E-state index is -0.00573. The third-order valence-electron chi connectivity index (χ3n) is 7.25. The summed E-state index contributed by atoms with van der Waals surface area (Å²) in [6.45, 7) is 5.74. The number of carbonyl (C=O) groups is 2. The lowest BCUT2D eigenvalue weighted by Crippen LogP contribution is -2.31. The number of ether oxygens (including phenoxy) is 1. The highest BCUT2D eigenvalue weighted by molar-refractivity contribution is 5.78. The highest BCUT2D eigenvalue weighted by Crippen LogP contribution is 2.43. The lowest BCUT2D eigenvalue weighted by Gasteiger charge is -2.17. The number of nitrogens with one attached hydrogen (secondary N) is 1. The molecule has 2 rings (SSSR count). The molecule has 4 heteroatoms. The number of hydrogen-bond donors (Lipinski definition) is 1. The molecule has 0 aliphatic heterocycles. The summed E-state index contributed by atoms with van der Waals surface area (Å²) in [5.74, 6) is 2.42. The van der Waals surface area contributed by atoms with Crippen molar-refractivity contribution < 1.29 is 14.3 Å². The molecule has 2 bridgehead atoms. The summed E-state index contributed by atoms with van der Waals surface area (Å²) < 4.78 is 5.52. The van der Waals surface area contributed by atoms with Crippen molar-refractivity contribution in [3.05, 3.63) is 12.2 Å². The lowest BCUT2D eigenvalue weighted by atomic mass is 9.95. The van der Waals surface area contributed by atoms with Crippen molar-refractivity contribution in [2.45, 2.75) is 110 Å². The van der Waals surface area contributed by atoms with Crippen LogP contribution in [-0.2, 0) is 14.3 Å². The smallest absolute Gasteiger partial charge is 0.305 e. The zero-order valence-corrected chi connectivity index (χ0v) is 20.2. The van der Waals surface area contributed by atoms with E-state index in [2.05, 4.69) is 31.3 Å². The van der Waals surface area contributed by atoms with Crippen molar-refractivity contribution in [3.8, 4) is 0 Å². The summed E-state index contributed by atoms with van der Waals surface area (Å²) in [4.78, 5) is 24.1. The fourth-order valence-electron chi connectivity index (χ4n) is 5.14. The maximum atomic E-state index is 12.2. The minimum absolute atomic E-state index is 0.00573. The Labute approximate surface area is 191 Å². The predicted molar refractivity (Wildman–Crippen MR) is 128 cm³/mol. The van der Waals surface area contributed by atoms with E-state index in [1.807, 2.05) is 0 Å². The molecule has 1 saturated carbocycles. The Morgan fingerprint density at radius 3 is 2.26 bits per heavy atom. The Morgan fingerprint density at radius 2 is 1.65 bits per heavy atom. The topological polar surface area (TPSA) is 55.4 Å². The van der Waals surface area contributed by atoms with Crippen LogP contribution >= 0.6 is 0 Å². The predicted octanol–water partition coefficient (Wildman–Crippen LogP) is 6.59. The van der Waals surface area contributed by atoms with Gasteiger partial charge in [-0.05, 0) is 56.3 Å². The second kappa shape index (κ2) is 15.5. The van der Waals surface area contributed by atoms with Crippen molar-refractivity contribution >= 4 is 11.9 Å². The van der Waals surface area contributed by atoms with Crippen molar-refractivity contribution in [2.24, 2.45) is 23.7 Å². The van der Waals surface area contributed by atoms with Crippen molar-refractivity contribution in [1.29, 1.82) is 0 Å². The molecule has 0 heterocycles. The van der Waals surface area contributed by atoms with E-state index in [9.17, 15) is 9.59 Å². The van der Waals surface area contributed by atoms with Crippen LogP contribution in [0.15, 0.2) is 12.2 Å². The fourth-order valence-corrected chi connectivity index (χ4v) is 5.14. The van der Waals surface area contributed by atoms with Gasteiger partial charge in [-0.25, -0.2) is 0 Å². The molecule has 178 valence electrons.